The normalized spacial score (nSPS) is 19.6. The van der Waals surface area contributed by atoms with Gasteiger partial charge in [0, 0.05) is 25.8 Å². The minimum Gasteiger partial charge on any atom is -0.373 e. The van der Waals surface area contributed by atoms with E-state index in [1.54, 1.807) is 12.3 Å². The molecule has 0 saturated carbocycles. The lowest BCUT2D eigenvalue weighted by atomic mass is 10.0. The third-order valence-corrected chi connectivity index (χ3v) is 3.97. The first-order valence-corrected chi connectivity index (χ1v) is 7.33. The summed E-state index contributed by atoms with van der Waals surface area (Å²) in [6.07, 6.45) is 6.46. The van der Waals surface area contributed by atoms with E-state index in [1.807, 2.05) is 13.1 Å². The maximum atomic E-state index is 12.0. The second-order valence-electron chi connectivity index (χ2n) is 5.36. The van der Waals surface area contributed by atoms with Gasteiger partial charge in [0.05, 0.1) is 5.56 Å². The van der Waals surface area contributed by atoms with Crippen molar-refractivity contribution in [3.05, 3.63) is 23.9 Å². The SMILES string of the molecule is CNc1ccc(C(=O)NCCC2CCCCN2C)cn1. The number of piperidine rings is 1. The Labute approximate surface area is 120 Å². The zero-order valence-corrected chi connectivity index (χ0v) is 12.4. The highest BCUT2D eigenvalue weighted by Gasteiger charge is 2.18. The van der Waals surface area contributed by atoms with E-state index in [-0.39, 0.29) is 5.91 Å². The molecule has 2 heterocycles. The molecule has 1 aliphatic rings. The summed E-state index contributed by atoms with van der Waals surface area (Å²) < 4.78 is 0. The Bertz CT molecular complexity index is 432. The summed E-state index contributed by atoms with van der Waals surface area (Å²) in [6, 6.07) is 4.21. The summed E-state index contributed by atoms with van der Waals surface area (Å²) in [5, 5.41) is 5.91. The summed E-state index contributed by atoms with van der Waals surface area (Å²) in [5.74, 6) is 0.726. The second-order valence-corrected chi connectivity index (χ2v) is 5.36. The maximum absolute atomic E-state index is 12.0. The molecule has 0 spiro atoms. The molecular formula is C15H24N4O. The van der Waals surface area contributed by atoms with Gasteiger partial charge in [0.2, 0.25) is 0 Å². The molecule has 1 aliphatic heterocycles. The van der Waals surface area contributed by atoms with Crippen LogP contribution in [0.25, 0.3) is 0 Å². The van der Waals surface area contributed by atoms with Crippen molar-refractivity contribution in [1.29, 1.82) is 0 Å². The van der Waals surface area contributed by atoms with Gasteiger partial charge in [0.15, 0.2) is 0 Å². The molecule has 1 saturated heterocycles. The topological polar surface area (TPSA) is 57.3 Å². The van der Waals surface area contributed by atoms with Gasteiger partial charge in [0.1, 0.15) is 5.82 Å². The minimum atomic E-state index is -0.0429. The van der Waals surface area contributed by atoms with E-state index in [0.29, 0.717) is 11.6 Å². The fraction of sp³-hybridized carbons (Fsp3) is 0.600. The van der Waals surface area contributed by atoms with E-state index in [2.05, 4.69) is 27.6 Å². The molecule has 2 N–H and O–H groups in total. The number of amides is 1. The van der Waals surface area contributed by atoms with Crippen LogP contribution in [0.1, 0.15) is 36.0 Å². The number of anilines is 1. The smallest absolute Gasteiger partial charge is 0.252 e. The fourth-order valence-corrected chi connectivity index (χ4v) is 2.64. The Morgan fingerprint density at radius 2 is 2.30 bits per heavy atom. The van der Waals surface area contributed by atoms with Crippen LogP contribution in [-0.2, 0) is 0 Å². The molecule has 0 bridgehead atoms. The van der Waals surface area contributed by atoms with Gasteiger partial charge in [-0.2, -0.15) is 0 Å². The molecule has 1 aromatic heterocycles. The van der Waals surface area contributed by atoms with E-state index < -0.39 is 0 Å². The number of hydrogen-bond acceptors (Lipinski definition) is 4. The summed E-state index contributed by atoms with van der Waals surface area (Å²) in [4.78, 5) is 18.5. The molecule has 5 heteroatoms. The molecule has 1 aromatic rings. The summed E-state index contributed by atoms with van der Waals surface area (Å²) in [7, 11) is 3.98. The van der Waals surface area contributed by atoms with Crippen LogP contribution in [0.3, 0.4) is 0 Å². The number of carbonyl (C=O) groups excluding carboxylic acids is 1. The van der Waals surface area contributed by atoms with Crippen LogP contribution in [0.5, 0.6) is 0 Å². The van der Waals surface area contributed by atoms with Gasteiger partial charge in [-0.1, -0.05) is 6.42 Å². The number of hydrogen-bond donors (Lipinski definition) is 2. The highest BCUT2D eigenvalue weighted by Crippen LogP contribution is 2.17. The van der Waals surface area contributed by atoms with E-state index in [9.17, 15) is 4.79 Å². The first kappa shape index (κ1) is 14.8. The van der Waals surface area contributed by atoms with Gasteiger partial charge < -0.3 is 15.5 Å². The third kappa shape index (κ3) is 3.93. The Morgan fingerprint density at radius 3 is 2.95 bits per heavy atom. The number of rotatable bonds is 5. The van der Waals surface area contributed by atoms with Gasteiger partial charge in [0.25, 0.3) is 5.91 Å². The molecule has 1 unspecified atom stereocenters. The fourth-order valence-electron chi connectivity index (χ4n) is 2.64. The van der Waals surface area contributed by atoms with Crippen LogP contribution >= 0.6 is 0 Å². The van der Waals surface area contributed by atoms with Crippen LogP contribution in [0, 0.1) is 0 Å². The van der Waals surface area contributed by atoms with Gasteiger partial charge in [-0.3, -0.25) is 4.79 Å². The van der Waals surface area contributed by atoms with Crippen LogP contribution < -0.4 is 10.6 Å². The highest BCUT2D eigenvalue weighted by molar-refractivity contribution is 5.94. The molecule has 1 atom stereocenters. The van der Waals surface area contributed by atoms with Crippen LogP contribution in [-0.4, -0.2) is 49.0 Å². The lowest BCUT2D eigenvalue weighted by molar-refractivity contribution is 0.0945. The zero-order valence-electron chi connectivity index (χ0n) is 12.4. The average molecular weight is 276 g/mol. The first-order valence-electron chi connectivity index (χ1n) is 7.33. The van der Waals surface area contributed by atoms with E-state index in [0.717, 1.165) is 18.8 Å². The second kappa shape index (κ2) is 7.24. The highest BCUT2D eigenvalue weighted by atomic mass is 16.1. The number of aromatic nitrogens is 1. The lowest BCUT2D eigenvalue weighted by Gasteiger charge is -2.32. The molecule has 2 rings (SSSR count). The van der Waals surface area contributed by atoms with E-state index in [1.165, 1.54) is 25.8 Å². The molecule has 0 radical (unpaired) electrons. The number of carbonyl (C=O) groups is 1. The summed E-state index contributed by atoms with van der Waals surface area (Å²) in [6.45, 7) is 1.90. The predicted molar refractivity (Wildman–Crippen MR) is 81.0 cm³/mol. The molecular weight excluding hydrogens is 252 g/mol. The average Bonchev–Trinajstić information content (AvgIpc) is 2.49. The minimum absolute atomic E-state index is 0.0429. The van der Waals surface area contributed by atoms with Crippen LogP contribution in [0.2, 0.25) is 0 Å². The Hall–Kier alpha value is -1.62. The van der Waals surface area contributed by atoms with Crippen molar-refractivity contribution < 1.29 is 4.79 Å². The molecule has 110 valence electrons. The molecule has 5 nitrogen and oxygen atoms in total. The molecule has 0 aliphatic carbocycles. The monoisotopic (exact) mass is 276 g/mol. The molecule has 1 amide bonds. The maximum Gasteiger partial charge on any atom is 0.252 e. The van der Waals surface area contributed by atoms with Gasteiger partial charge in [-0.15, -0.1) is 0 Å². The molecule has 20 heavy (non-hydrogen) atoms. The Kier molecular flexibility index (Phi) is 5.35. The number of nitrogens with zero attached hydrogens (tertiary/aromatic N) is 2. The van der Waals surface area contributed by atoms with E-state index in [4.69, 9.17) is 0 Å². The molecule has 0 aromatic carbocycles. The Morgan fingerprint density at radius 1 is 1.45 bits per heavy atom. The van der Waals surface area contributed by atoms with Crippen molar-refractivity contribution in [2.75, 3.05) is 32.5 Å². The van der Waals surface area contributed by atoms with Crippen molar-refractivity contribution in [2.24, 2.45) is 0 Å². The standard InChI is InChI=1S/C15H24N4O/c1-16-14-7-6-12(11-18-14)15(20)17-9-8-13-5-3-4-10-19(13)2/h6-7,11,13H,3-5,8-10H2,1-2H3,(H,16,18)(H,17,20). The van der Waals surface area contributed by atoms with Gasteiger partial charge >= 0.3 is 0 Å². The number of likely N-dealkylation sites (tertiary alicyclic amines) is 1. The number of pyridine rings is 1. The molecule has 1 fully saturated rings. The predicted octanol–water partition coefficient (Wildman–Crippen LogP) is 1.73. The van der Waals surface area contributed by atoms with Crippen molar-refractivity contribution in [1.82, 2.24) is 15.2 Å². The first-order chi connectivity index (χ1) is 9.70. The summed E-state index contributed by atoms with van der Waals surface area (Å²) >= 11 is 0. The van der Waals surface area contributed by atoms with Crippen molar-refractivity contribution in [3.8, 4) is 0 Å². The largest absolute Gasteiger partial charge is 0.373 e. The van der Waals surface area contributed by atoms with Gasteiger partial charge in [-0.05, 0) is 45.0 Å². The number of nitrogens with one attached hydrogen (secondary N) is 2. The summed E-state index contributed by atoms with van der Waals surface area (Å²) in [5.41, 5.74) is 0.612. The van der Waals surface area contributed by atoms with Crippen molar-refractivity contribution in [2.45, 2.75) is 31.7 Å². The van der Waals surface area contributed by atoms with Crippen molar-refractivity contribution in [3.63, 3.8) is 0 Å². The quantitative estimate of drug-likeness (QED) is 0.860. The lowest BCUT2D eigenvalue weighted by Crippen LogP contribution is -2.39. The van der Waals surface area contributed by atoms with Crippen LogP contribution in [0.15, 0.2) is 18.3 Å². The third-order valence-electron chi connectivity index (χ3n) is 3.97. The zero-order chi connectivity index (χ0) is 14.4. The Balaban J connectivity index is 1.76. The van der Waals surface area contributed by atoms with Gasteiger partial charge in [-0.25, -0.2) is 4.98 Å². The van der Waals surface area contributed by atoms with Crippen LogP contribution in [0.4, 0.5) is 5.82 Å². The van der Waals surface area contributed by atoms with Crippen molar-refractivity contribution >= 4 is 11.7 Å². The van der Waals surface area contributed by atoms with E-state index >= 15 is 0 Å².